The molecule has 1 atom stereocenters. The van der Waals surface area contributed by atoms with Gasteiger partial charge in [0.25, 0.3) is 11.8 Å². The highest BCUT2D eigenvalue weighted by Crippen LogP contribution is 2.30. The predicted octanol–water partition coefficient (Wildman–Crippen LogP) is 3.09. The summed E-state index contributed by atoms with van der Waals surface area (Å²) in [5.41, 5.74) is 6.27. The molecule has 150 valence electrons. The smallest absolute Gasteiger partial charge is 0.344 e. The van der Waals surface area contributed by atoms with Gasteiger partial charge in [-0.05, 0) is 35.4 Å². The van der Waals surface area contributed by atoms with Crippen LogP contribution in [0.5, 0.6) is 5.75 Å². The number of hydrogen-bond donors (Lipinski definition) is 2. The van der Waals surface area contributed by atoms with E-state index in [1.54, 1.807) is 11.4 Å². The summed E-state index contributed by atoms with van der Waals surface area (Å²) in [6, 6.07) is 8.96. The monoisotopic (exact) mass is 404 g/mol. The van der Waals surface area contributed by atoms with Crippen LogP contribution in [0, 0.1) is 0 Å². The number of nitrogens with two attached hydrogens (primary N) is 1. The third-order valence-corrected chi connectivity index (χ3v) is 4.72. The third kappa shape index (κ3) is 5.56. The Morgan fingerprint density at radius 1 is 1.18 bits per heavy atom. The molecule has 0 saturated heterocycles. The van der Waals surface area contributed by atoms with Gasteiger partial charge in [-0.1, -0.05) is 39.0 Å². The van der Waals surface area contributed by atoms with E-state index in [1.165, 1.54) is 13.0 Å². The van der Waals surface area contributed by atoms with Crippen molar-refractivity contribution in [2.75, 3.05) is 11.9 Å². The Hall–Kier alpha value is -2.87. The van der Waals surface area contributed by atoms with Gasteiger partial charge in [-0.15, -0.1) is 11.3 Å². The van der Waals surface area contributed by atoms with Crippen LogP contribution < -0.4 is 15.8 Å². The van der Waals surface area contributed by atoms with Gasteiger partial charge < -0.3 is 20.5 Å². The van der Waals surface area contributed by atoms with E-state index < -0.39 is 23.9 Å². The zero-order valence-corrected chi connectivity index (χ0v) is 17.1. The molecule has 0 radical (unpaired) electrons. The Morgan fingerprint density at radius 3 is 2.50 bits per heavy atom. The lowest BCUT2D eigenvalue weighted by Gasteiger charge is -2.22. The summed E-state index contributed by atoms with van der Waals surface area (Å²) in [5, 5.41) is 4.49. The second-order valence-electron chi connectivity index (χ2n) is 7.18. The van der Waals surface area contributed by atoms with E-state index in [0.717, 1.165) is 16.9 Å². The van der Waals surface area contributed by atoms with Gasteiger partial charge in [-0.2, -0.15) is 0 Å². The molecule has 7 nitrogen and oxygen atoms in total. The lowest BCUT2D eigenvalue weighted by Crippen LogP contribution is -2.32. The highest BCUT2D eigenvalue weighted by atomic mass is 32.1. The maximum absolute atomic E-state index is 12.2. The number of primary amides is 1. The first-order chi connectivity index (χ1) is 13.1. The first-order valence-electron chi connectivity index (χ1n) is 8.69. The van der Waals surface area contributed by atoms with Crippen LogP contribution >= 0.6 is 11.3 Å². The molecule has 8 heteroatoms. The van der Waals surface area contributed by atoms with Crippen LogP contribution in [0.1, 0.15) is 43.6 Å². The second-order valence-corrected chi connectivity index (χ2v) is 8.10. The summed E-state index contributed by atoms with van der Waals surface area (Å²) in [7, 11) is 0. The fraction of sp³-hybridized carbons (Fsp3) is 0.350. The number of nitrogens with one attached hydrogen (secondary N) is 1. The Balaban J connectivity index is 1.92. The lowest BCUT2D eigenvalue weighted by molar-refractivity contribution is -0.155. The van der Waals surface area contributed by atoms with Crippen molar-refractivity contribution in [3.63, 3.8) is 0 Å². The van der Waals surface area contributed by atoms with Gasteiger partial charge in [0, 0.05) is 0 Å². The van der Waals surface area contributed by atoms with Gasteiger partial charge in [-0.25, -0.2) is 4.79 Å². The number of rotatable bonds is 7. The van der Waals surface area contributed by atoms with Gasteiger partial charge in [0.05, 0.1) is 5.56 Å². The Labute approximate surface area is 167 Å². The molecule has 1 heterocycles. The van der Waals surface area contributed by atoms with Gasteiger partial charge in [0.15, 0.2) is 12.7 Å². The molecule has 0 bridgehead atoms. The summed E-state index contributed by atoms with van der Waals surface area (Å²) in [5.74, 6) is -1.29. The number of carbonyl (C=O) groups excluding carboxylic acids is 3. The van der Waals surface area contributed by atoms with Gasteiger partial charge in [-0.3, -0.25) is 9.59 Å². The van der Waals surface area contributed by atoms with Crippen LogP contribution in [0.3, 0.4) is 0 Å². The van der Waals surface area contributed by atoms with Gasteiger partial charge >= 0.3 is 5.97 Å². The number of benzene rings is 1. The van der Waals surface area contributed by atoms with E-state index in [2.05, 4.69) is 5.32 Å². The molecule has 0 fully saturated rings. The number of anilines is 1. The quantitative estimate of drug-likeness (QED) is 0.690. The molecular weight excluding hydrogens is 380 g/mol. The Morgan fingerprint density at radius 2 is 1.86 bits per heavy atom. The van der Waals surface area contributed by atoms with E-state index in [9.17, 15) is 14.4 Å². The predicted molar refractivity (Wildman–Crippen MR) is 108 cm³/mol. The fourth-order valence-electron chi connectivity index (χ4n) is 2.45. The molecule has 0 unspecified atom stereocenters. The van der Waals surface area contributed by atoms with Crippen molar-refractivity contribution in [1.82, 2.24) is 0 Å². The van der Waals surface area contributed by atoms with Crippen LogP contribution in [0.4, 0.5) is 5.00 Å². The van der Waals surface area contributed by atoms with Gasteiger partial charge in [0.1, 0.15) is 10.8 Å². The fourth-order valence-corrected chi connectivity index (χ4v) is 3.24. The zero-order chi connectivity index (χ0) is 20.9. The van der Waals surface area contributed by atoms with E-state index in [-0.39, 0.29) is 17.6 Å². The first kappa shape index (κ1) is 21.4. The van der Waals surface area contributed by atoms with Crippen molar-refractivity contribution in [3.8, 4) is 5.75 Å². The molecular formula is C20H24N2O5S. The number of para-hydroxylation sites is 1. The molecule has 3 N–H and O–H groups in total. The normalized spacial score (nSPS) is 12.1. The molecule has 0 aliphatic heterocycles. The molecule has 2 amide bonds. The maximum Gasteiger partial charge on any atom is 0.344 e. The molecule has 2 rings (SSSR count). The number of thiophene rings is 1. The van der Waals surface area contributed by atoms with E-state index in [1.807, 2.05) is 39.0 Å². The van der Waals surface area contributed by atoms with Crippen molar-refractivity contribution < 1.29 is 23.9 Å². The van der Waals surface area contributed by atoms with E-state index in [0.29, 0.717) is 10.8 Å². The van der Waals surface area contributed by atoms with Crippen molar-refractivity contribution in [2.24, 2.45) is 5.73 Å². The zero-order valence-electron chi connectivity index (χ0n) is 16.3. The number of carbonyl (C=O) groups is 3. The standard InChI is InChI=1S/C20H24N2O5S/c1-12(18(25)22-19-13(17(21)24)9-10-28-19)27-16(23)11-26-15-8-6-5-7-14(15)20(2,3)4/h5-10,12H,11H2,1-4H3,(H2,21,24)(H,22,25)/t12-/m0/s1. The molecule has 0 aliphatic rings. The first-order valence-corrected chi connectivity index (χ1v) is 9.57. The lowest BCUT2D eigenvalue weighted by atomic mass is 9.86. The molecule has 28 heavy (non-hydrogen) atoms. The minimum absolute atomic E-state index is 0.146. The van der Waals surface area contributed by atoms with Crippen molar-refractivity contribution in [2.45, 2.75) is 39.2 Å². The van der Waals surface area contributed by atoms with Crippen molar-refractivity contribution in [3.05, 3.63) is 46.8 Å². The minimum Gasteiger partial charge on any atom is -0.482 e. The highest BCUT2D eigenvalue weighted by molar-refractivity contribution is 7.14. The van der Waals surface area contributed by atoms with Crippen LogP contribution in [0.2, 0.25) is 0 Å². The number of amides is 2. The number of ether oxygens (including phenoxy) is 2. The molecule has 0 saturated carbocycles. The largest absolute Gasteiger partial charge is 0.482 e. The number of hydrogen-bond acceptors (Lipinski definition) is 6. The summed E-state index contributed by atoms with van der Waals surface area (Å²) in [6.07, 6.45) is -1.06. The van der Waals surface area contributed by atoms with E-state index in [4.69, 9.17) is 15.2 Å². The topological polar surface area (TPSA) is 108 Å². The average molecular weight is 404 g/mol. The molecule has 0 spiro atoms. The summed E-state index contributed by atoms with van der Waals surface area (Å²) in [6.45, 7) is 7.25. The van der Waals surface area contributed by atoms with Crippen LogP contribution in [0.15, 0.2) is 35.7 Å². The van der Waals surface area contributed by atoms with Crippen LogP contribution in [0.25, 0.3) is 0 Å². The molecule has 1 aromatic carbocycles. The third-order valence-electron chi connectivity index (χ3n) is 3.89. The van der Waals surface area contributed by atoms with Crippen molar-refractivity contribution in [1.29, 1.82) is 0 Å². The average Bonchev–Trinajstić information content (AvgIpc) is 3.07. The van der Waals surface area contributed by atoms with Gasteiger partial charge in [0.2, 0.25) is 0 Å². The molecule has 1 aromatic heterocycles. The van der Waals surface area contributed by atoms with Crippen molar-refractivity contribution >= 4 is 34.1 Å². The minimum atomic E-state index is -1.06. The summed E-state index contributed by atoms with van der Waals surface area (Å²) < 4.78 is 10.7. The SMILES string of the molecule is C[C@H](OC(=O)COc1ccccc1C(C)(C)C)C(=O)Nc1sccc1C(N)=O. The second kappa shape index (κ2) is 8.88. The summed E-state index contributed by atoms with van der Waals surface area (Å²) >= 11 is 1.16. The van der Waals surface area contributed by atoms with Crippen LogP contribution in [-0.2, 0) is 19.7 Å². The Kier molecular flexibility index (Phi) is 6.80. The summed E-state index contributed by atoms with van der Waals surface area (Å²) in [4.78, 5) is 35.6. The van der Waals surface area contributed by atoms with Crippen LogP contribution in [-0.4, -0.2) is 30.5 Å². The highest BCUT2D eigenvalue weighted by Gasteiger charge is 2.22. The number of esters is 1. The maximum atomic E-state index is 12.2. The Bertz CT molecular complexity index is 869. The molecule has 0 aliphatic carbocycles. The molecule has 2 aromatic rings. The van der Waals surface area contributed by atoms with E-state index >= 15 is 0 Å².